The summed E-state index contributed by atoms with van der Waals surface area (Å²) in [6.07, 6.45) is 2.21. The molecule has 0 aliphatic heterocycles. The van der Waals surface area contributed by atoms with Crippen LogP contribution in [0.3, 0.4) is 0 Å². The maximum atomic E-state index is 10.6. The zero-order valence-electron chi connectivity index (χ0n) is 8.76. The number of aliphatic hydroxyl groups excluding tert-OH is 1. The predicted octanol–water partition coefficient (Wildman–Crippen LogP) is 1.84. The molecule has 0 heterocycles. The number of nitro benzene ring substituents is 1. The van der Waals surface area contributed by atoms with Gasteiger partial charge < -0.3 is 9.84 Å². The molecule has 1 N–H and O–H groups in total. The minimum atomic E-state index is -0.442. The first-order chi connectivity index (χ1) is 7.72. The molecule has 0 saturated heterocycles. The number of benzene rings is 1. The smallest absolute Gasteiger partial charge is 0.273 e. The molecular formula is C11H13NO4. The molecule has 0 radical (unpaired) electrons. The molecule has 0 aromatic heterocycles. The Morgan fingerprint density at radius 2 is 2.25 bits per heavy atom. The van der Waals surface area contributed by atoms with E-state index in [9.17, 15) is 10.1 Å². The first kappa shape index (κ1) is 10.9. The number of hydrogen-bond acceptors (Lipinski definition) is 4. The van der Waals surface area contributed by atoms with Crippen molar-refractivity contribution < 1.29 is 14.8 Å². The van der Waals surface area contributed by atoms with Gasteiger partial charge in [-0.3, -0.25) is 10.1 Å². The molecule has 2 rings (SSSR count). The van der Waals surface area contributed by atoms with Crippen molar-refractivity contribution in [2.75, 3.05) is 13.2 Å². The topological polar surface area (TPSA) is 72.6 Å². The van der Waals surface area contributed by atoms with Crippen LogP contribution in [0.2, 0.25) is 0 Å². The van der Waals surface area contributed by atoms with Gasteiger partial charge in [0.15, 0.2) is 0 Å². The van der Waals surface area contributed by atoms with E-state index in [2.05, 4.69) is 0 Å². The van der Waals surface area contributed by atoms with E-state index in [4.69, 9.17) is 9.84 Å². The molecule has 1 aromatic rings. The summed E-state index contributed by atoms with van der Waals surface area (Å²) in [5, 5.41) is 19.3. The Labute approximate surface area is 92.8 Å². The quantitative estimate of drug-likeness (QED) is 0.610. The van der Waals surface area contributed by atoms with E-state index in [1.165, 1.54) is 12.1 Å². The monoisotopic (exact) mass is 223 g/mol. The van der Waals surface area contributed by atoms with Gasteiger partial charge in [-0.25, -0.2) is 0 Å². The van der Waals surface area contributed by atoms with Crippen LogP contribution in [0.15, 0.2) is 18.2 Å². The van der Waals surface area contributed by atoms with Crippen LogP contribution in [0.25, 0.3) is 0 Å². The third-order valence-electron chi connectivity index (χ3n) is 2.57. The maximum absolute atomic E-state index is 10.6. The van der Waals surface area contributed by atoms with E-state index in [-0.39, 0.29) is 18.9 Å². The third-order valence-corrected chi connectivity index (χ3v) is 2.57. The van der Waals surface area contributed by atoms with Crippen molar-refractivity contribution in [3.8, 4) is 5.75 Å². The lowest BCUT2D eigenvalue weighted by Crippen LogP contribution is -2.04. The predicted molar refractivity (Wildman–Crippen MR) is 57.7 cm³/mol. The Morgan fingerprint density at radius 3 is 2.81 bits per heavy atom. The van der Waals surface area contributed by atoms with Crippen molar-refractivity contribution in [1.82, 2.24) is 0 Å². The summed E-state index contributed by atoms with van der Waals surface area (Å²) in [7, 11) is 0. The van der Waals surface area contributed by atoms with Gasteiger partial charge in [-0.15, -0.1) is 0 Å². The summed E-state index contributed by atoms with van der Waals surface area (Å²) in [6.45, 7) is 0.0771. The lowest BCUT2D eigenvalue weighted by molar-refractivity contribution is -0.385. The molecule has 86 valence electrons. The van der Waals surface area contributed by atoms with Gasteiger partial charge in [0.1, 0.15) is 12.4 Å². The lowest BCUT2D eigenvalue weighted by Gasteiger charge is -2.09. The molecule has 0 spiro atoms. The molecular weight excluding hydrogens is 210 g/mol. The zero-order chi connectivity index (χ0) is 11.5. The first-order valence-corrected chi connectivity index (χ1v) is 5.24. The summed E-state index contributed by atoms with van der Waals surface area (Å²) >= 11 is 0. The van der Waals surface area contributed by atoms with Gasteiger partial charge in [0.05, 0.1) is 17.6 Å². The minimum absolute atomic E-state index is 0.0253. The number of aliphatic hydroxyl groups is 1. The Bertz CT molecular complexity index is 401. The van der Waals surface area contributed by atoms with Crippen LogP contribution >= 0.6 is 0 Å². The molecule has 1 aliphatic rings. The average molecular weight is 223 g/mol. The van der Waals surface area contributed by atoms with Gasteiger partial charge in [0, 0.05) is 6.07 Å². The number of nitrogens with zero attached hydrogens (tertiary/aromatic N) is 1. The molecule has 1 aliphatic carbocycles. The number of hydrogen-bond donors (Lipinski definition) is 1. The summed E-state index contributed by atoms with van der Waals surface area (Å²) in [5.74, 6) is 1.00. The lowest BCUT2D eigenvalue weighted by atomic mass is 10.1. The van der Waals surface area contributed by atoms with E-state index < -0.39 is 4.92 Å². The highest BCUT2D eigenvalue weighted by Crippen LogP contribution is 2.45. The van der Waals surface area contributed by atoms with Crippen molar-refractivity contribution in [1.29, 1.82) is 0 Å². The van der Waals surface area contributed by atoms with E-state index in [1.54, 1.807) is 6.07 Å². The highest BCUT2D eigenvalue weighted by molar-refractivity contribution is 5.47. The van der Waals surface area contributed by atoms with Crippen molar-refractivity contribution in [2.45, 2.75) is 18.8 Å². The second-order valence-electron chi connectivity index (χ2n) is 3.83. The molecule has 0 bridgehead atoms. The Balaban J connectivity index is 2.26. The summed E-state index contributed by atoms with van der Waals surface area (Å²) in [4.78, 5) is 10.2. The van der Waals surface area contributed by atoms with E-state index in [0.29, 0.717) is 11.7 Å². The Morgan fingerprint density at radius 1 is 1.50 bits per heavy atom. The Hall–Kier alpha value is -1.62. The molecule has 0 amide bonds. The van der Waals surface area contributed by atoms with Crippen LogP contribution in [0.1, 0.15) is 24.3 Å². The van der Waals surface area contributed by atoms with Crippen molar-refractivity contribution in [3.63, 3.8) is 0 Å². The van der Waals surface area contributed by atoms with E-state index in [0.717, 1.165) is 18.4 Å². The summed E-state index contributed by atoms with van der Waals surface area (Å²) in [5.41, 5.74) is 1.04. The second-order valence-corrected chi connectivity index (χ2v) is 3.83. The molecule has 16 heavy (non-hydrogen) atoms. The Kier molecular flexibility index (Phi) is 3.05. The van der Waals surface area contributed by atoms with Crippen LogP contribution in [0.5, 0.6) is 5.75 Å². The van der Waals surface area contributed by atoms with Crippen LogP contribution in [0, 0.1) is 10.1 Å². The number of ether oxygens (including phenoxy) is 1. The molecule has 1 aromatic carbocycles. The van der Waals surface area contributed by atoms with E-state index in [1.807, 2.05) is 0 Å². The fourth-order valence-corrected chi connectivity index (χ4v) is 1.65. The molecule has 5 nitrogen and oxygen atoms in total. The van der Waals surface area contributed by atoms with Gasteiger partial charge in [0.2, 0.25) is 0 Å². The van der Waals surface area contributed by atoms with Gasteiger partial charge in [-0.2, -0.15) is 0 Å². The normalized spacial score (nSPS) is 14.8. The fourth-order valence-electron chi connectivity index (χ4n) is 1.65. The highest BCUT2D eigenvalue weighted by atomic mass is 16.6. The number of nitro groups is 1. The van der Waals surface area contributed by atoms with Crippen LogP contribution in [-0.4, -0.2) is 23.2 Å². The van der Waals surface area contributed by atoms with Crippen molar-refractivity contribution in [3.05, 3.63) is 33.9 Å². The first-order valence-electron chi connectivity index (χ1n) is 5.24. The molecule has 0 unspecified atom stereocenters. The fraction of sp³-hybridized carbons (Fsp3) is 0.455. The molecule has 5 heteroatoms. The molecule has 0 atom stereocenters. The zero-order valence-corrected chi connectivity index (χ0v) is 8.76. The molecule has 1 saturated carbocycles. The van der Waals surface area contributed by atoms with Gasteiger partial charge in [-0.1, -0.05) is 0 Å². The highest BCUT2D eigenvalue weighted by Gasteiger charge is 2.27. The average Bonchev–Trinajstić information content (AvgIpc) is 3.09. The largest absolute Gasteiger partial charge is 0.491 e. The SMILES string of the molecule is O=[N+]([O-])c1ccc(C2CC2)c(OCCO)c1. The summed E-state index contributed by atoms with van der Waals surface area (Å²) in [6, 6.07) is 4.69. The maximum Gasteiger partial charge on any atom is 0.273 e. The van der Waals surface area contributed by atoms with Crippen molar-refractivity contribution in [2.24, 2.45) is 0 Å². The van der Waals surface area contributed by atoms with Crippen LogP contribution in [-0.2, 0) is 0 Å². The van der Waals surface area contributed by atoms with E-state index >= 15 is 0 Å². The summed E-state index contributed by atoms with van der Waals surface area (Å²) < 4.78 is 5.32. The minimum Gasteiger partial charge on any atom is -0.491 e. The van der Waals surface area contributed by atoms with Crippen LogP contribution in [0.4, 0.5) is 5.69 Å². The van der Waals surface area contributed by atoms with Gasteiger partial charge in [-0.05, 0) is 30.4 Å². The standard InChI is InChI=1S/C11H13NO4/c13-5-6-16-11-7-9(12(14)15)3-4-10(11)8-1-2-8/h3-4,7-8,13H,1-2,5-6H2. The molecule has 1 fully saturated rings. The second kappa shape index (κ2) is 4.49. The van der Waals surface area contributed by atoms with Gasteiger partial charge >= 0.3 is 0 Å². The number of non-ortho nitro benzene ring substituents is 1. The van der Waals surface area contributed by atoms with Crippen LogP contribution < -0.4 is 4.74 Å². The third kappa shape index (κ3) is 2.30. The van der Waals surface area contributed by atoms with Crippen molar-refractivity contribution >= 4 is 5.69 Å². The number of rotatable bonds is 5. The van der Waals surface area contributed by atoms with Gasteiger partial charge in [0.25, 0.3) is 5.69 Å².